The van der Waals surface area contributed by atoms with Crippen LogP contribution in [0.2, 0.25) is 0 Å². The highest BCUT2D eigenvalue weighted by atomic mass is 16.5. The van der Waals surface area contributed by atoms with Gasteiger partial charge < -0.3 is 10.1 Å². The molecule has 0 radical (unpaired) electrons. The van der Waals surface area contributed by atoms with E-state index in [-0.39, 0.29) is 5.69 Å². The summed E-state index contributed by atoms with van der Waals surface area (Å²) in [6.45, 7) is 1.45. The van der Waals surface area contributed by atoms with Crippen LogP contribution in [-0.4, -0.2) is 51.2 Å². The summed E-state index contributed by atoms with van der Waals surface area (Å²) in [4.78, 5) is 49.3. The van der Waals surface area contributed by atoms with Crippen LogP contribution in [0.15, 0.2) is 24.3 Å². The first-order valence-corrected chi connectivity index (χ1v) is 9.46. The van der Waals surface area contributed by atoms with Crippen molar-refractivity contribution in [2.24, 2.45) is 5.92 Å². The molecule has 1 saturated heterocycles. The summed E-state index contributed by atoms with van der Waals surface area (Å²) in [7, 11) is 0. The number of esters is 1. The minimum absolute atomic E-state index is 0.0543. The minimum Gasteiger partial charge on any atom is -0.451 e. The summed E-state index contributed by atoms with van der Waals surface area (Å²) in [5.74, 6) is -1.56. The second-order valence-corrected chi connectivity index (χ2v) is 7.56. The summed E-state index contributed by atoms with van der Waals surface area (Å²) in [5, 5.41) is 10.6. The van der Waals surface area contributed by atoms with Crippen LogP contribution in [0, 0.1) is 5.92 Å². The number of ether oxygens (including phenoxy) is 1. The van der Waals surface area contributed by atoms with Crippen LogP contribution in [0.25, 0.3) is 10.9 Å². The number of nitrogens with zero attached hydrogens (tertiary/aromatic N) is 2. The molecule has 2 aromatic rings. The van der Waals surface area contributed by atoms with E-state index in [0.29, 0.717) is 34.7 Å². The van der Waals surface area contributed by atoms with Crippen molar-refractivity contribution in [3.05, 3.63) is 30.0 Å². The van der Waals surface area contributed by atoms with Gasteiger partial charge in [0.25, 0.3) is 11.8 Å². The molecule has 152 valence electrons. The number of hydrazine groups is 1. The van der Waals surface area contributed by atoms with Crippen molar-refractivity contribution in [2.75, 3.05) is 6.61 Å². The van der Waals surface area contributed by atoms with Crippen LogP contribution in [0.1, 0.15) is 43.1 Å². The van der Waals surface area contributed by atoms with E-state index in [1.54, 1.807) is 24.3 Å². The number of hydrogen-bond acceptors (Lipinski definition) is 6. The predicted octanol–water partition coefficient (Wildman–Crippen LogP) is 1.25. The average molecular weight is 399 g/mol. The first kappa shape index (κ1) is 18.9. The van der Waals surface area contributed by atoms with Crippen LogP contribution >= 0.6 is 0 Å². The first-order chi connectivity index (χ1) is 13.9. The molecule has 1 aromatic carbocycles. The second kappa shape index (κ2) is 7.19. The maximum absolute atomic E-state index is 12.7. The van der Waals surface area contributed by atoms with E-state index >= 15 is 0 Å². The molecule has 0 unspecified atom stereocenters. The normalized spacial score (nSPS) is 24.0. The van der Waals surface area contributed by atoms with Crippen LogP contribution in [0.4, 0.5) is 4.79 Å². The van der Waals surface area contributed by atoms with E-state index in [1.807, 2.05) is 0 Å². The lowest BCUT2D eigenvalue weighted by Crippen LogP contribution is -2.52. The van der Waals surface area contributed by atoms with Crippen LogP contribution in [-0.2, 0) is 14.3 Å². The summed E-state index contributed by atoms with van der Waals surface area (Å²) in [5.41, 5.74) is 1.99. The SMILES string of the molecule is CC1CCC2(CC1)NC(=O)N(NC(=O)COC(=O)c1n[nH]c3ccccc13)C2=O. The van der Waals surface area contributed by atoms with Crippen LogP contribution in [0.3, 0.4) is 0 Å². The second-order valence-electron chi connectivity index (χ2n) is 7.56. The molecular formula is C19H21N5O5. The standard InChI is InChI=1S/C19H21N5O5/c1-11-6-8-19(9-7-11)17(27)24(18(28)20-19)23-14(25)10-29-16(26)15-12-4-2-3-5-13(12)21-22-15/h2-5,11H,6-10H2,1H3,(H,20,28)(H,21,22)(H,23,25). The largest absolute Gasteiger partial charge is 0.451 e. The van der Waals surface area contributed by atoms with Crippen LogP contribution < -0.4 is 10.7 Å². The van der Waals surface area contributed by atoms with Crippen molar-refractivity contribution in [1.29, 1.82) is 0 Å². The Balaban J connectivity index is 1.35. The third-order valence-corrected chi connectivity index (χ3v) is 5.52. The number of hydrogen-bond donors (Lipinski definition) is 3. The first-order valence-electron chi connectivity index (χ1n) is 9.46. The number of benzene rings is 1. The van der Waals surface area contributed by atoms with E-state index in [2.05, 4.69) is 27.9 Å². The topological polar surface area (TPSA) is 133 Å². The lowest BCUT2D eigenvalue weighted by molar-refractivity contribution is -0.141. The molecule has 1 spiro atoms. The van der Waals surface area contributed by atoms with Gasteiger partial charge in [-0.1, -0.05) is 25.1 Å². The summed E-state index contributed by atoms with van der Waals surface area (Å²) in [6.07, 6.45) is 2.71. The molecule has 2 heterocycles. The fourth-order valence-electron chi connectivity index (χ4n) is 3.79. The lowest BCUT2D eigenvalue weighted by atomic mass is 9.77. The molecule has 2 aliphatic rings. The molecule has 2 fully saturated rings. The van der Waals surface area contributed by atoms with Gasteiger partial charge in [-0.15, -0.1) is 0 Å². The number of H-pyrrole nitrogens is 1. The van der Waals surface area contributed by atoms with Crippen molar-refractivity contribution >= 4 is 34.7 Å². The van der Waals surface area contributed by atoms with Gasteiger partial charge in [0.1, 0.15) is 5.54 Å². The molecule has 1 aliphatic carbocycles. The van der Waals surface area contributed by atoms with Gasteiger partial charge in [-0.25, -0.2) is 9.59 Å². The number of aromatic amines is 1. The Kier molecular flexibility index (Phi) is 4.69. The molecule has 3 N–H and O–H groups in total. The highest BCUT2D eigenvalue weighted by molar-refractivity contribution is 6.08. The highest BCUT2D eigenvalue weighted by Gasteiger charge is 2.52. The molecule has 1 saturated carbocycles. The number of fused-ring (bicyclic) bond motifs is 1. The van der Waals surface area contributed by atoms with E-state index in [1.165, 1.54) is 0 Å². The Hall–Kier alpha value is -3.43. The van der Waals surface area contributed by atoms with Gasteiger partial charge in [0, 0.05) is 5.39 Å². The third-order valence-electron chi connectivity index (χ3n) is 5.52. The molecule has 0 bridgehead atoms. The van der Waals surface area contributed by atoms with Gasteiger partial charge in [-0.05, 0) is 37.7 Å². The van der Waals surface area contributed by atoms with Crippen molar-refractivity contribution in [2.45, 2.75) is 38.1 Å². The Labute approximate surface area is 165 Å². The molecule has 1 aromatic heterocycles. The highest BCUT2D eigenvalue weighted by Crippen LogP contribution is 2.35. The van der Waals surface area contributed by atoms with Crippen molar-refractivity contribution in [3.8, 4) is 0 Å². The van der Waals surface area contributed by atoms with Gasteiger partial charge in [-0.2, -0.15) is 10.1 Å². The summed E-state index contributed by atoms with van der Waals surface area (Å²) in [6, 6.07) is 6.32. The van der Waals surface area contributed by atoms with E-state index < -0.39 is 36.0 Å². The smallest absolute Gasteiger partial charge is 0.359 e. The summed E-state index contributed by atoms with van der Waals surface area (Å²) < 4.78 is 4.98. The Morgan fingerprint density at radius 1 is 1.28 bits per heavy atom. The van der Waals surface area contributed by atoms with Crippen molar-refractivity contribution < 1.29 is 23.9 Å². The molecule has 4 rings (SSSR count). The van der Waals surface area contributed by atoms with Crippen LogP contribution in [0.5, 0.6) is 0 Å². The quantitative estimate of drug-likeness (QED) is 0.523. The molecule has 0 atom stereocenters. The van der Waals surface area contributed by atoms with E-state index in [9.17, 15) is 19.2 Å². The number of aromatic nitrogens is 2. The number of imide groups is 1. The van der Waals surface area contributed by atoms with Gasteiger partial charge in [0.15, 0.2) is 12.3 Å². The number of para-hydroxylation sites is 1. The molecular weight excluding hydrogens is 378 g/mol. The Morgan fingerprint density at radius 2 is 2.00 bits per heavy atom. The van der Waals surface area contributed by atoms with Gasteiger partial charge in [0.2, 0.25) is 0 Å². The third kappa shape index (κ3) is 3.41. The number of rotatable bonds is 4. The number of carbonyl (C=O) groups is 4. The molecule has 10 heteroatoms. The molecule has 4 amide bonds. The maximum atomic E-state index is 12.7. The lowest BCUT2D eigenvalue weighted by Gasteiger charge is -2.33. The molecule has 29 heavy (non-hydrogen) atoms. The average Bonchev–Trinajstić information content (AvgIpc) is 3.24. The number of nitrogens with one attached hydrogen (secondary N) is 3. The van der Waals surface area contributed by atoms with Gasteiger partial charge in [-0.3, -0.25) is 20.1 Å². The van der Waals surface area contributed by atoms with Crippen molar-refractivity contribution in [1.82, 2.24) is 25.9 Å². The predicted molar refractivity (Wildman–Crippen MR) is 100 cm³/mol. The molecule has 10 nitrogen and oxygen atoms in total. The number of urea groups is 1. The van der Waals surface area contributed by atoms with E-state index in [4.69, 9.17) is 4.74 Å². The fourth-order valence-corrected chi connectivity index (χ4v) is 3.79. The maximum Gasteiger partial charge on any atom is 0.359 e. The minimum atomic E-state index is -0.957. The zero-order valence-corrected chi connectivity index (χ0v) is 15.9. The Morgan fingerprint density at radius 3 is 2.76 bits per heavy atom. The number of carbonyl (C=O) groups excluding carboxylic acids is 4. The fraction of sp³-hybridized carbons (Fsp3) is 0.421. The van der Waals surface area contributed by atoms with E-state index in [0.717, 1.165) is 12.8 Å². The van der Waals surface area contributed by atoms with Crippen molar-refractivity contribution in [3.63, 3.8) is 0 Å². The zero-order valence-electron chi connectivity index (χ0n) is 15.9. The summed E-state index contributed by atoms with van der Waals surface area (Å²) >= 11 is 0. The Bertz CT molecular complexity index is 992. The van der Waals surface area contributed by atoms with Gasteiger partial charge in [0.05, 0.1) is 5.52 Å². The number of amides is 4. The zero-order chi connectivity index (χ0) is 20.6. The monoisotopic (exact) mass is 399 g/mol. The van der Waals surface area contributed by atoms with Gasteiger partial charge >= 0.3 is 12.0 Å². The molecule has 1 aliphatic heterocycles.